The maximum absolute atomic E-state index is 11.0. The van der Waals surface area contributed by atoms with Crippen LogP contribution in [0.3, 0.4) is 0 Å². The standard InChI is InChI=1S/C12H8ClN3O2S/c13-7-1-2-8-9(4-7)18-12(15-8)16-10-3-6(5-19-10)11(14)17/h1-5H,(H2,14,17)(H,15,16). The van der Waals surface area contributed by atoms with Crippen molar-refractivity contribution in [2.45, 2.75) is 0 Å². The Morgan fingerprint density at radius 1 is 1.42 bits per heavy atom. The molecule has 0 aliphatic rings. The summed E-state index contributed by atoms with van der Waals surface area (Å²) in [6.07, 6.45) is 0. The van der Waals surface area contributed by atoms with Gasteiger partial charge in [-0.2, -0.15) is 4.98 Å². The van der Waals surface area contributed by atoms with E-state index in [4.69, 9.17) is 21.8 Å². The SMILES string of the molecule is NC(=O)c1csc(Nc2nc3ccc(Cl)cc3o2)c1. The van der Waals surface area contributed by atoms with Crippen molar-refractivity contribution < 1.29 is 9.21 Å². The number of carbonyl (C=O) groups is 1. The summed E-state index contributed by atoms with van der Waals surface area (Å²) in [5.74, 6) is -0.464. The summed E-state index contributed by atoms with van der Waals surface area (Å²) in [6, 6.07) is 7.20. The fourth-order valence-electron chi connectivity index (χ4n) is 1.59. The second kappa shape index (κ2) is 4.56. The van der Waals surface area contributed by atoms with Gasteiger partial charge < -0.3 is 15.5 Å². The van der Waals surface area contributed by atoms with E-state index in [1.165, 1.54) is 11.3 Å². The molecular formula is C12H8ClN3O2S. The van der Waals surface area contributed by atoms with Crippen LogP contribution in [0.15, 0.2) is 34.1 Å². The van der Waals surface area contributed by atoms with Crippen molar-refractivity contribution >= 4 is 51.0 Å². The molecule has 3 aromatic rings. The maximum Gasteiger partial charge on any atom is 0.300 e. The summed E-state index contributed by atoms with van der Waals surface area (Å²) in [7, 11) is 0. The Hall–Kier alpha value is -2.05. The molecule has 96 valence electrons. The van der Waals surface area contributed by atoms with Gasteiger partial charge in [-0.3, -0.25) is 4.79 Å². The minimum absolute atomic E-state index is 0.343. The van der Waals surface area contributed by atoms with E-state index in [0.29, 0.717) is 27.7 Å². The molecule has 0 spiro atoms. The molecule has 5 nitrogen and oxygen atoms in total. The van der Waals surface area contributed by atoms with Gasteiger partial charge >= 0.3 is 6.01 Å². The van der Waals surface area contributed by atoms with Gasteiger partial charge in [-0.15, -0.1) is 11.3 Å². The molecule has 0 bridgehead atoms. The second-order valence-corrected chi connectivity index (χ2v) is 5.17. The average Bonchev–Trinajstić information content (AvgIpc) is 2.95. The first-order valence-corrected chi connectivity index (χ1v) is 6.59. The first-order chi connectivity index (χ1) is 9.11. The number of hydrogen-bond acceptors (Lipinski definition) is 5. The van der Waals surface area contributed by atoms with E-state index in [9.17, 15) is 4.79 Å². The molecule has 3 N–H and O–H groups in total. The highest BCUT2D eigenvalue weighted by Crippen LogP contribution is 2.27. The minimum atomic E-state index is -0.464. The highest BCUT2D eigenvalue weighted by molar-refractivity contribution is 7.14. The molecule has 0 aliphatic heterocycles. The molecule has 3 rings (SSSR count). The van der Waals surface area contributed by atoms with Gasteiger partial charge in [0, 0.05) is 16.5 Å². The van der Waals surface area contributed by atoms with Crippen molar-refractivity contribution in [1.82, 2.24) is 4.98 Å². The highest BCUT2D eigenvalue weighted by Gasteiger charge is 2.09. The van der Waals surface area contributed by atoms with E-state index in [1.807, 2.05) is 0 Å². The summed E-state index contributed by atoms with van der Waals surface area (Å²) in [4.78, 5) is 15.2. The van der Waals surface area contributed by atoms with Gasteiger partial charge in [0.25, 0.3) is 0 Å². The fraction of sp³-hybridized carbons (Fsp3) is 0. The second-order valence-electron chi connectivity index (χ2n) is 3.82. The first kappa shape index (κ1) is 12.0. The number of halogens is 1. The fourth-order valence-corrected chi connectivity index (χ4v) is 2.53. The maximum atomic E-state index is 11.0. The van der Waals surface area contributed by atoms with Crippen molar-refractivity contribution in [3.63, 3.8) is 0 Å². The van der Waals surface area contributed by atoms with Gasteiger partial charge in [0.05, 0.1) is 10.6 Å². The molecule has 0 unspecified atom stereocenters. The van der Waals surface area contributed by atoms with Gasteiger partial charge in [0.2, 0.25) is 5.91 Å². The molecular weight excluding hydrogens is 286 g/mol. The van der Waals surface area contributed by atoms with E-state index in [2.05, 4.69) is 10.3 Å². The van der Waals surface area contributed by atoms with Crippen LogP contribution in [0.4, 0.5) is 11.0 Å². The van der Waals surface area contributed by atoms with Crippen LogP contribution in [0.2, 0.25) is 5.02 Å². The Labute approximate surface area is 117 Å². The number of anilines is 2. The number of primary amides is 1. The van der Waals surface area contributed by atoms with Crippen LogP contribution in [0.1, 0.15) is 10.4 Å². The minimum Gasteiger partial charge on any atom is -0.423 e. The van der Waals surface area contributed by atoms with Crippen LogP contribution in [-0.4, -0.2) is 10.9 Å². The third-order valence-corrected chi connectivity index (χ3v) is 3.55. The number of amides is 1. The Balaban J connectivity index is 1.89. The number of aromatic nitrogens is 1. The largest absolute Gasteiger partial charge is 0.423 e. The summed E-state index contributed by atoms with van der Waals surface area (Å²) >= 11 is 7.22. The first-order valence-electron chi connectivity index (χ1n) is 5.33. The molecule has 1 amide bonds. The lowest BCUT2D eigenvalue weighted by Crippen LogP contribution is -2.09. The molecule has 0 saturated carbocycles. The van der Waals surface area contributed by atoms with Gasteiger partial charge in [0.15, 0.2) is 5.58 Å². The van der Waals surface area contributed by atoms with Crippen molar-refractivity contribution in [1.29, 1.82) is 0 Å². The van der Waals surface area contributed by atoms with Crippen LogP contribution in [0.5, 0.6) is 0 Å². The molecule has 0 atom stereocenters. The number of carbonyl (C=O) groups excluding carboxylic acids is 1. The van der Waals surface area contributed by atoms with Crippen LogP contribution < -0.4 is 11.1 Å². The van der Waals surface area contributed by atoms with Crippen molar-refractivity contribution in [3.05, 3.63) is 40.2 Å². The van der Waals surface area contributed by atoms with Crippen molar-refractivity contribution in [3.8, 4) is 0 Å². The number of hydrogen-bond donors (Lipinski definition) is 2. The number of benzene rings is 1. The van der Waals surface area contributed by atoms with Gasteiger partial charge in [-0.05, 0) is 18.2 Å². The van der Waals surface area contributed by atoms with Crippen LogP contribution in [0, 0.1) is 0 Å². The Bertz CT molecular complexity index is 765. The predicted molar refractivity (Wildman–Crippen MR) is 75.1 cm³/mol. The van der Waals surface area contributed by atoms with Gasteiger partial charge in [-0.25, -0.2) is 0 Å². The summed E-state index contributed by atoms with van der Waals surface area (Å²) < 4.78 is 5.51. The topological polar surface area (TPSA) is 81.2 Å². The highest BCUT2D eigenvalue weighted by atomic mass is 35.5. The third kappa shape index (κ3) is 2.40. The molecule has 0 fully saturated rings. The number of nitrogens with one attached hydrogen (secondary N) is 1. The molecule has 2 heterocycles. The number of nitrogens with two attached hydrogens (primary N) is 1. The lowest BCUT2D eigenvalue weighted by molar-refractivity contribution is 0.100. The molecule has 1 aromatic carbocycles. The summed E-state index contributed by atoms with van der Waals surface area (Å²) in [6.45, 7) is 0. The molecule has 2 aromatic heterocycles. The number of thiophene rings is 1. The summed E-state index contributed by atoms with van der Waals surface area (Å²) in [5.41, 5.74) is 6.94. The van der Waals surface area contributed by atoms with Crippen LogP contribution >= 0.6 is 22.9 Å². The van der Waals surface area contributed by atoms with E-state index in [-0.39, 0.29) is 0 Å². The normalized spacial score (nSPS) is 10.8. The van der Waals surface area contributed by atoms with E-state index in [0.717, 1.165) is 5.00 Å². The van der Waals surface area contributed by atoms with Crippen LogP contribution in [-0.2, 0) is 0 Å². The van der Waals surface area contributed by atoms with Crippen molar-refractivity contribution in [2.75, 3.05) is 5.32 Å². The number of nitrogens with zero attached hydrogens (tertiary/aromatic N) is 1. The van der Waals surface area contributed by atoms with E-state index < -0.39 is 5.91 Å². The molecule has 0 aliphatic carbocycles. The zero-order valence-corrected chi connectivity index (χ0v) is 11.1. The predicted octanol–water partition coefficient (Wildman–Crippen LogP) is 3.39. The Morgan fingerprint density at radius 3 is 3.00 bits per heavy atom. The molecule has 7 heteroatoms. The Kier molecular flexibility index (Phi) is 2.88. The molecule has 0 radical (unpaired) electrons. The van der Waals surface area contributed by atoms with Gasteiger partial charge in [-0.1, -0.05) is 11.6 Å². The number of fused-ring (bicyclic) bond motifs is 1. The van der Waals surface area contributed by atoms with Gasteiger partial charge in [0.1, 0.15) is 5.52 Å². The smallest absolute Gasteiger partial charge is 0.300 e. The zero-order valence-electron chi connectivity index (χ0n) is 9.51. The van der Waals surface area contributed by atoms with Crippen LogP contribution in [0.25, 0.3) is 11.1 Å². The van der Waals surface area contributed by atoms with E-state index >= 15 is 0 Å². The molecule has 0 saturated heterocycles. The number of rotatable bonds is 3. The average molecular weight is 294 g/mol. The molecule has 19 heavy (non-hydrogen) atoms. The quantitative estimate of drug-likeness (QED) is 0.775. The van der Waals surface area contributed by atoms with E-state index in [1.54, 1.807) is 29.6 Å². The lowest BCUT2D eigenvalue weighted by atomic mass is 10.3. The monoisotopic (exact) mass is 293 g/mol. The zero-order chi connectivity index (χ0) is 13.4. The van der Waals surface area contributed by atoms with Crippen molar-refractivity contribution in [2.24, 2.45) is 5.73 Å². The number of oxazole rings is 1. The lowest BCUT2D eigenvalue weighted by Gasteiger charge is -1.94. The Morgan fingerprint density at radius 2 is 2.26 bits per heavy atom. The third-order valence-electron chi connectivity index (χ3n) is 2.46. The summed E-state index contributed by atoms with van der Waals surface area (Å²) in [5, 5.41) is 5.96.